The van der Waals surface area contributed by atoms with Gasteiger partial charge in [-0.3, -0.25) is 0 Å². The van der Waals surface area contributed by atoms with Gasteiger partial charge >= 0.3 is 12.2 Å². The number of alkyl halides is 3. The van der Waals surface area contributed by atoms with Crippen molar-refractivity contribution in [3.8, 4) is 0 Å². The van der Waals surface area contributed by atoms with Gasteiger partial charge in [-0.05, 0) is 12.1 Å². The first-order chi connectivity index (χ1) is 9.54. The molecule has 0 aromatic heterocycles. The number of urea groups is 1. The van der Waals surface area contributed by atoms with Gasteiger partial charge in [-0.25, -0.2) is 17.5 Å². The number of carbonyl (C=O) groups is 1. The summed E-state index contributed by atoms with van der Waals surface area (Å²) in [4.78, 5) is 11.2. The number of hydrogen-bond donors (Lipinski definition) is 2. The first kappa shape index (κ1) is 17.2. The Labute approximate surface area is 120 Å². The number of nitrogens with one attached hydrogen (secondary N) is 2. The highest BCUT2D eigenvalue weighted by Gasteiger charge is 2.28. The molecular formula is C11H14F3N3O3S. The van der Waals surface area contributed by atoms with Crippen LogP contribution in [0.25, 0.3) is 0 Å². The van der Waals surface area contributed by atoms with Crippen LogP contribution in [-0.4, -0.2) is 45.6 Å². The van der Waals surface area contributed by atoms with E-state index in [1.165, 1.54) is 38.4 Å². The van der Waals surface area contributed by atoms with Crippen LogP contribution in [0.5, 0.6) is 0 Å². The van der Waals surface area contributed by atoms with E-state index in [2.05, 4.69) is 5.32 Å². The fourth-order valence-corrected chi connectivity index (χ4v) is 2.38. The maximum absolute atomic E-state index is 12.0. The summed E-state index contributed by atoms with van der Waals surface area (Å²) in [5, 5.41) is 3.68. The molecule has 0 atom stereocenters. The van der Waals surface area contributed by atoms with Gasteiger partial charge in [0.15, 0.2) is 0 Å². The number of sulfonamides is 1. The normalized spacial score (nSPS) is 12.3. The minimum Gasteiger partial charge on any atom is -0.329 e. The van der Waals surface area contributed by atoms with Gasteiger partial charge in [0, 0.05) is 14.1 Å². The second-order valence-corrected chi connectivity index (χ2v) is 6.33. The molecule has 0 saturated heterocycles. The molecule has 6 nitrogen and oxygen atoms in total. The summed E-state index contributed by atoms with van der Waals surface area (Å²) in [5.41, 5.74) is -0.106. The highest BCUT2D eigenvalue weighted by molar-refractivity contribution is 7.89. The first-order valence-corrected chi connectivity index (χ1v) is 7.11. The zero-order valence-electron chi connectivity index (χ0n) is 11.2. The van der Waals surface area contributed by atoms with Gasteiger partial charge < -0.3 is 10.6 Å². The molecule has 10 heteroatoms. The van der Waals surface area contributed by atoms with Crippen LogP contribution in [0.2, 0.25) is 0 Å². The summed E-state index contributed by atoms with van der Waals surface area (Å²) in [7, 11) is -1.23. The standard InChI is InChI=1S/C11H14F3N3O3S/c1-17(2)21(19,20)9-6-4-3-5-8(9)16-10(18)15-7-11(12,13)14/h3-6H,7H2,1-2H3,(H2,15,16,18). The molecule has 1 aromatic carbocycles. The SMILES string of the molecule is CN(C)S(=O)(=O)c1ccccc1NC(=O)NCC(F)(F)F. The Kier molecular flexibility index (Phi) is 5.18. The molecule has 0 fully saturated rings. The molecule has 0 aliphatic carbocycles. The monoisotopic (exact) mass is 325 g/mol. The lowest BCUT2D eigenvalue weighted by atomic mass is 10.3. The Morgan fingerprint density at radius 3 is 2.33 bits per heavy atom. The Morgan fingerprint density at radius 1 is 1.24 bits per heavy atom. The Hall–Kier alpha value is -1.81. The molecule has 2 amide bonds. The molecule has 1 aromatic rings. The van der Waals surface area contributed by atoms with Crippen LogP contribution in [0.1, 0.15) is 0 Å². The highest BCUT2D eigenvalue weighted by Crippen LogP contribution is 2.23. The number of carbonyl (C=O) groups excluding carboxylic acids is 1. The number of hydrogen-bond acceptors (Lipinski definition) is 3. The lowest BCUT2D eigenvalue weighted by molar-refractivity contribution is -0.122. The molecule has 0 saturated carbocycles. The van der Waals surface area contributed by atoms with Crippen LogP contribution in [0, 0.1) is 0 Å². The molecular weight excluding hydrogens is 311 g/mol. The number of nitrogens with zero attached hydrogens (tertiary/aromatic N) is 1. The molecule has 21 heavy (non-hydrogen) atoms. The predicted molar refractivity (Wildman–Crippen MR) is 70.4 cm³/mol. The molecule has 2 N–H and O–H groups in total. The fraction of sp³-hybridized carbons (Fsp3) is 0.364. The molecule has 0 spiro atoms. The van der Waals surface area contributed by atoms with Crippen LogP contribution >= 0.6 is 0 Å². The van der Waals surface area contributed by atoms with E-state index < -0.39 is 28.8 Å². The maximum atomic E-state index is 12.0. The van der Waals surface area contributed by atoms with Crippen molar-refractivity contribution in [3.05, 3.63) is 24.3 Å². The van der Waals surface area contributed by atoms with Gasteiger partial charge in [0.2, 0.25) is 10.0 Å². The molecule has 0 aliphatic heterocycles. The summed E-state index contributed by atoms with van der Waals surface area (Å²) in [6.07, 6.45) is -4.55. The Balaban J connectivity index is 2.93. The third-order valence-corrected chi connectivity index (χ3v) is 4.22. The molecule has 0 bridgehead atoms. The van der Waals surface area contributed by atoms with Crippen LogP contribution < -0.4 is 10.6 Å². The predicted octanol–water partition coefficient (Wildman–Crippen LogP) is 1.62. The van der Waals surface area contributed by atoms with E-state index in [9.17, 15) is 26.4 Å². The first-order valence-electron chi connectivity index (χ1n) is 5.67. The summed E-state index contributed by atoms with van der Waals surface area (Å²) >= 11 is 0. The van der Waals surface area contributed by atoms with Crippen molar-refractivity contribution in [3.63, 3.8) is 0 Å². The van der Waals surface area contributed by atoms with E-state index in [0.717, 1.165) is 4.31 Å². The van der Waals surface area contributed by atoms with E-state index in [1.807, 2.05) is 0 Å². The van der Waals surface area contributed by atoms with Gasteiger partial charge in [-0.2, -0.15) is 13.2 Å². The molecule has 118 valence electrons. The fourth-order valence-electron chi connectivity index (χ4n) is 1.34. The number of benzene rings is 1. The van der Waals surface area contributed by atoms with E-state index in [1.54, 1.807) is 5.32 Å². The van der Waals surface area contributed by atoms with Crippen molar-refractivity contribution in [1.82, 2.24) is 9.62 Å². The molecule has 0 aliphatic rings. The molecule has 0 unspecified atom stereocenters. The van der Waals surface area contributed by atoms with Crippen molar-refractivity contribution in [2.24, 2.45) is 0 Å². The van der Waals surface area contributed by atoms with Crippen molar-refractivity contribution < 1.29 is 26.4 Å². The number of para-hydroxylation sites is 1. The number of halogens is 3. The molecule has 1 rings (SSSR count). The maximum Gasteiger partial charge on any atom is 0.405 e. The van der Waals surface area contributed by atoms with Crippen LogP contribution in [0.15, 0.2) is 29.2 Å². The smallest absolute Gasteiger partial charge is 0.329 e. The summed E-state index contributed by atoms with van der Waals surface area (Å²) in [6.45, 7) is -1.51. The summed E-state index contributed by atoms with van der Waals surface area (Å²) in [5.74, 6) is 0. The molecule has 0 heterocycles. The number of rotatable bonds is 4. The van der Waals surface area contributed by atoms with Gasteiger partial charge in [0.1, 0.15) is 11.4 Å². The summed E-state index contributed by atoms with van der Waals surface area (Å²) in [6, 6.07) is 4.27. The zero-order valence-corrected chi connectivity index (χ0v) is 12.0. The van der Waals surface area contributed by atoms with Gasteiger partial charge in [-0.1, -0.05) is 12.1 Å². The Morgan fingerprint density at radius 2 is 1.81 bits per heavy atom. The minimum atomic E-state index is -4.55. The largest absolute Gasteiger partial charge is 0.405 e. The van der Waals surface area contributed by atoms with Crippen LogP contribution in [0.4, 0.5) is 23.7 Å². The average Bonchev–Trinajstić information content (AvgIpc) is 2.36. The van der Waals surface area contributed by atoms with Crippen molar-refractivity contribution in [2.75, 3.05) is 26.0 Å². The lowest BCUT2D eigenvalue weighted by Crippen LogP contribution is -2.37. The topological polar surface area (TPSA) is 78.5 Å². The lowest BCUT2D eigenvalue weighted by Gasteiger charge is -2.16. The van der Waals surface area contributed by atoms with E-state index in [-0.39, 0.29) is 10.6 Å². The van der Waals surface area contributed by atoms with E-state index >= 15 is 0 Å². The minimum absolute atomic E-state index is 0.106. The Bertz CT molecular complexity index is 615. The van der Waals surface area contributed by atoms with Gasteiger partial charge in [0.05, 0.1) is 5.69 Å². The van der Waals surface area contributed by atoms with E-state index in [4.69, 9.17) is 0 Å². The van der Waals surface area contributed by atoms with Crippen LogP contribution in [-0.2, 0) is 10.0 Å². The van der Waals surface area contributed by atoms with Gasteiger partial charge in [-0.15, -0.1) is 0 Å². The average molecular weight is 325 g/mol. The number of amides is 2. The third-order valence-electron chi connectivity index (χ3n) is 2.34. The summed E-state index contributed by atoms with van der Waals surface area (Å²) < 4.78 is 60.9. The van der Waals surface area contributed by atoms with Crippen molar-refractivity contribution in [2.45, 2.75) is 11.1 Å². The van der Waals surface area contributed by atoms with Crippen molar-refractivity contribution in [1.29, 1.82) is 0 Å². The second-order valence-electron chi connectivity index (χ2n) is 4.21. The van der Waals surface area contributed by atoms with Gasteiger partial charge in [0.25, 0.3) is 0 Å². The van der Waals surface area contributed by atoms with E-state index in [0.29, 0.717) is 0 Å². The van der Waals surface area contributed by atoms with Crippen LogP contribution in [0.3, 0.4) is 0 Å². The number of anilines is 1. The highest BCUT2D eigenvalue weighted by atomic mass is 32.2. The molecule has 0 radical (unpaired) electrons. The third kappa shape index (κ3) is 4.90. The second kappa shape index (κ2) is 6.31. The zero-order chi connectivity index (χ0) is 16.3. The van der Waals surface area contributed by atoms with Crippen molar-refractivity contribution >= 4 is 21.7 Å². The quantitative estimate of drug-likeness (QED) is 0.883.